The molecule has 0 atom stereocenters. The number of nitrogens with two attached hydrogens (primary N) is 1. The lowest BCUT2D eigenvalue weighted by atomic mass is 10.4. The minimum absolute atomic E-state index is 0.0932. The van der Waals surface area contributed by atoms with E-state index in [1.165, 1.54) is 12.3 Å². The molecule has 6 nitrogen and oxygen atoms in total. The van der Waals surface area contributed by atoms with Crippen LogP contribution in [0.2, 0.25) is 0 Å². The second-order valence-corrected chi connectivity index (χ2v) is 5.65. The van der Waals surface area contributed by atoms with Gasteiger partial charge in [-0.1, -0.05) is 0 Å². The number of rotatable bonds is 7. The van der Waals surface area contributed by atoms with Crippen LogP contribution in [0, 0.1) is 0 Å². The summed E-state index contributed by atoms with van der Waals surface area (Å²) in [5.41, 5.74) is 6.08. The lowest BCUT2D eigenvalue weighted by molar-refractivity contribution is 0.0834. The van der Waals surface area contributed by atoms with Gasteiger partial charge in [0.2, 0.25) is 10.0 Å². The number of aromatic nitrogens is 1. The van der Waals surface area contributed by atoms with E-state index in [-0.39, 0.29) is 24.1 Å². The van der Waals surface area contributed by atoms with Crippen LogP contribution in [0.25, 0.3) is 0 Å². The van der Waals surface area contributed by atoms with E-state index in [1.807, 2.05) is 13.8 Å². The molecule has 0 fully saturated rings. The molecule has 0 saturated carbocycles. The molecule has 0 amide bonds. The summed E-state index contributed by atoms with van der Waals surface area (Å²) in [5, 5.41) is 0. The predicted octanol–water partition coefficient (Wildman–Crippen LogP) is 0.177. The molecule has 0 aliphatic heterocycles. The van der Waals surface area contributed by atoms with Gasteiger partial charge in [-0.25, -0.2) is 13.1 Å². The van der Waals surface area contributed by atoms with Gasteiger partial charge < -0.3 is 15.5 Å². The van der Waals surface area contributed by atoms with E-state index in [1.54, 1.807) is 0 Å². The Morgan fingerprint density at radius 2 is 2.24 bits per heavy atom. The van der Waals surface area contributed by atoms with Crippen molar-refractivity contribution in [2.24, 2.45) is 5.73 Å². The third-order valence-corrected chi connectivity index (χ3v) is 3.53. The fourth-order valence-corrected chi connectivity index (χ4v) is 2.28. The number of H-pyrrole nitrogens is 1. The molecular formula is C10H19N3O3S. The van der Waals surface area contributed by atoms with Crippen LogP contribution in [0.3, 0.4) is 0 Å². The fourth-order valence-electron chi connectivity index (χ4n) is 1.25. The van der Waals surface area contributed by atoms with Crippen LogP contribution in [0.15, 0.2) is 17.2 Å². The second-order valence-electron chi connectivity index (χ2n) is 3.88. The van der Waals surface area contributed by atoms with Crippen LogP contribution < -0.4 is 10.5 Å². The van der Waals surface area contributed by atoms with Gasteiger partial charge in [0.1, 0.15) is 0 Å². The lowest BCUT2D eigenvalue weighted by Crippen LogP contribution is -2.28. The standard InChI is InChI=1S/C10H19N3O3S/c1-8(2)16-4-3-13-17(14,15)10-5-9(6-11)12-7-10/h5,7-8,12-13H,3-4,6,11H2,1-2H3. The number of hydrogen-bond donors (Lipinski definition) is 3. The summed E-state index contributed by atoms with van der Waals surface area (Å²) in [6.45, 7) is 4.68. The van der Waals surface area contributed by atoms with Gasteiger partial charge in [-0.3, -0.25) is 0 Å². The van der Waals surface area contributed by atoms with Crippen molar-refractivity contribution < 1.29 is 13.2 Å². The first-order chi connectivity index (χ1) is 7.95. The van der Waals surface area contributed by atoms with Crippen LogP contribution in [0.5, 0.6) is 0 Å². The van der Waals surface area contributed by atoms with Crippen LogP contribution >= 0.6 is 0 Å². The predicted molar refractivity (Wildman–Crippen MR) is 65.0 cm³/mol. The van der Waals surface area contributed by atoms with E-state index in [2.05, 4.69) is 9.71 Å². The maximum absolute atomic E-state index is 11.8. The molecule has 0 unspecified atom stereocenters. The Hall–Kier alpha value is -0.890. The van der Waals surface area contributed by atoms with Gasteiger partial charge in [-0.2, -0.15) is 0 Å². The largest absolute Gasteiger partial charge is 0.377 e. The highest BCUT2D eigenvalue weighted by Gasteiger charge is 2.14. The lowest BCUT2D eigenvalue weighted by Gasteiger charge is -2.08. The Labute approximate surface area is 102 Å². The van der Waals surface area contributed by atoms with Gasteiger partial charge in [0.05, 0.1) is 17.6 Å². The van der Waals surface area contributed by atoms with E-state index >= 15 is 0 Å². The van der Waals surface area contributed by atoms with E-state index in [0.29, 0.717) is 12.3 Å². The summed E-state index contributed by atoms with van der Waals surface area (Å²) in [6.07, 6.45) is 1.52. The van der Waals surface area contributed by atoms with Crippen molar-refractivity contribution in [3.63, 3.8) is 0 Å². The Bertz CT molecular complexity index is 439. The Morgan fingerprint density at radius 1 is 1.53 bits per heavy atom. The molecule has 0 spiro atoms. The topological polar surface area (TPSA) is 97.2 Å². The molecule has 0 radical (unpaired) electrons. The number of hydrogen-bond acceptors (Lipinski definition) is 4. The number of aromatic amines is 1. The first-order valence-corrected chi connectivity index (χ1v) is 6.92. The Kier molecular flexibility index (Phi) is 5.13. The van der Waals surface area contributed by atoms with Gasteiger partial charge >= 0.3 is 0 Å². The molecule has 0 aliphatic carbocycles. The molecule has 17 heavy (non-hydrogen) atoms. The second kappa shape index (κ2) is 6.15. The van der Waals surface area contributed by atoms with Gasteiger partial charge in [-0.05, 0) is 19.9 Å². The van der Waals surface area contributed by atoms with Gasteiger partial charge in [0.25, 0.3) is 0 Å². The van der Waals surface area contributed by atoms with Crippen molar-refractivity contribution >= 4 is 10.0 Å². The van der Waals surface area contributed by atoms with Gasteiger partial charge in [0, 0.05) is 25.0 Å². The highest BCUT2D eigenvalue weighted by Crippen LogP contribution is 2.09. The fraction of sp³-hybridized carbons (Fsp3) is 0.600. The van der Waals surface area contributed by atoms with Crippen molar-refractivity contribution in [3.05, 3.63) is 18.0 Å². The van der Waals surface area contributed by atoms with Crippen molar-refractivity contribution in [1.29, 1.82) is 0 Å². The minimum atomic E-state index is -3.46. The summed E-state index contributed by atoms with van der Waals surface area (Å²) >= 11 is 0. The maximum Gasteiger partial charge on any atom is 0.242 e. The maximum atomic E-state index is 11.8. The van der Waals surface area contributed by atoms with Crippen molar-refractivity contribution in [1.82, 2.24) is 9.71 Å². The highest BCUT2D eigenvalue weighted by molar-refractivity contribution is 7.89. The van der Waals surface area contributed by atoms with Gasteiger partial charge in [0.15, 0.2) is 0 Å². The van der Waals surface area contributed by atoms with Crippen molar-refractivity contribution in [3.8, 4) is 0 Å². The molecule has 1 rings (SSSR count). The molecule has 1 aromatic heterocycles. The number of sulfonamides is 1. The zero-order chi connectivity index (χ0) is 12.9. The summed E-state index contributed by atoms with van der Waals surface area (Å²) in [5.74, 6) is 0. The zero-order valence-electron chi connectivity index (χ0n) is 10.1. The quantitative estimate of drug-likeness (QED) is 0.610. The number of nitrogens with one attached hydrogen (secondary N) is 2. The average molecular weight is 261 g/mol. The summed E-state index contributed by atoms with van der Waals surface area (Å²) in [7, 11) is -3.46. The molecule has 0 bridgehead atoms. The first kappa shape index (κ1) is 14.2. The van der Waals surface area contributed by atoms with E-state index in [0.717, 1.165) is 0 Å². The Balaban J connectivity index is 2.51. The molecule has 1 aromatic rings. The molecule has 7 heteroatoms. The SMILES string of the molecule is CC(C)OCCNS(=O)(=O)c1c[nH]c(CN)c1. The van der Waals surface area contributed by atoms with Crippen LogP contribution in [0.1, 0.15) is 19.5 Å². The molecule has 98 valence electrons. The van der Waals surface area contributed by atoms with E-state index in [4.69, 9.17) is 10.5 Å². The summed E-state index contributed by atoms with van der Waals surface area (Å²) in [4.78, 5) is 2.99. The zero-order valence-corrected chi connectivity index (χ0v) is 10.9. The number of ether oxygens (including phenoxy) is 1. The molecule has 4 N–H and O–H groups in total. The monoisotopic (exact) mass is 261 g/mol. The molecule has 0 aromatic carbocycles. The third kappa shape index (κ3) is 4.47. The molecular weight excluding hydrogens is 242 g/mol. The van der Waals surface area contributed by atoms with E-state index < -0.39 is 10.0 Å². The normalized spacial score (nSPS) is 12.2. The Morgan fingerprint density at radius 3 is 2.76 bits per heavy atom. The van der Waals surface area contributed by atoms with Crippen molar-refractivity contribution in [2.75, 3.05) is 13.2 Å². The molecule has 0 aliphatic rings. The highest BCUT2D eigenvalue weighted by atomic mass is 32.2. The summed E-state index contributed by atoms with van der Waals surface area (Å²) in [6, 6.07) is 1.52. The van der Waals surface area contributed by atoms with Crippen LogP contribution in [0.4, 0.5) is 0 Å². The summed E-state index contributed by atoms with van der Waals surface area (Å²) < 4.78 is 31.3. The first-order valence-electron chi connectivity index (χ1n) is 5.44. The minimum Gasteiger partial charge on any atom is -0.377 e. The smallest absolute Gasteiger partial charge is 0.242 e. The molecule has 0 saturated heterocycles. The van der Waals surface area contributed by atoms with Gasteiger partial charge in [-0.15, -0.1) is 0 Å². The van der Waals surface area contributed by atoms with E-state index in [9.17, 15) is 8.42 Å². The van der Waals surface area contributed by atoms with Crippen molar-refractivity contribution in [2.45, 2.75) is 31.4 Å². The van der Waals surface area contributed by atoms with Crippen LogP contribution in [-0.4, -0.2) is 32.7 Å². The van der Waals surface area contributed by atoms with Crippen LogP contribution in [-0.2, 0) is 21.3 Å². The average Bonchev–Trinajstić information content (AvgIpc) is 2.73. The molecule has 1 heterocycles. The third-order valence-electron chi connectivity index (χ3n) is 2.09.